The summed E-state index contributed by atoms with van der Waals surface area (Å²) in [6.07, 6.45) is 0.723. The van der Waals surface area contributed by atoms with E-state index in [0.29, 0.717) is 19.3 Å². The fourth-order valence-electron chi connectivity index (χ4n) is 1.56. The smallest absolute Gasteiger partial charge is 0.312 e. The van der Waals surface area contributed by atoms with Gasteiger partial charge in [0.15, 0.2) is 0 Å². The summed E-state index contributed by atoms with van der Waals surface area (Å²) in [6.45, 7) is 5.40. The molecule has 1 unspecified atom stereocenters. The topological polar surface area (TPSA) is 57.5 Å². The quantitative estimate of drug-likeness (QED) is 0.666. The van der Waals surface area contributed by atoms with E-state index in [1.165, 1.54) is 0 Å². The number of carboxylic acid groups (broad SMARTS) is 1. The van der Waals surface area contributed by atoms with Crippen molar-refractivity contribution in [1.29, 1.82) is 0 Å². The van der Waals surface area contributed by atoms with Gasteiger partial charge in [-0.25, -0.2) is 0 Å². The van der Waals surface area contributed by atoms with E-state index in [-0.39, 0.29) is 0 Å². The zero-order valence-electron chi connectivity index (χ0n) is 8.00. The summed E-state index contributed by atoms with van der Waals surface area (Å²) in [7, 11) is 0. The van der Waals surface area contributed by atoms with Crippen molar-refractivity contribution >= 4 is 5.97 Å². The second kappa shape index (κ2) is 4.45. The monoisotopic (exact) mass is 174 g/mol. The van der Waals surface area contributed by atoms with Crippen LogP contribution in [0, 0.1) is 5.41 Å². The van der Waals surface area contributed by atoms with Crippen LogP contribution in [0.15, 0.2) is 0 Å². The molecule has 0 aromatic heterocycles. The molecule has 12 heavy (non-hydrogen) atoms. The molecular formula is C9H18O3. The lowest BCUT2D eigenvalue weighted by Crippen LogP contribution is -2.41. The highest BCUT2D eigenvalue weighted by Crippen LogP contribution is 2.32. The fourth-order valence-corrected chi connectivity index (χ4v) is 1.56. The van der Waals surface area contributed by atoms with Crippen LogP contribution in [-0.4, -0.2) is 22.3 Å². The molecule has 0 radical (unpaired) electrons. The van der Waals surface area contributed by atoms with Crippen LogP contribution in [0.4, 0.5) is 0 Å². The maximum atomic E-state index is 10.9. The van der Waals surface area contributed by atoms with E-state index in [9.17, 15) is 9.90 Å². The lowest BCUT2D eigenvalue weighted by molar-refractivity contribution is -0.157. The van der Waals surface area contributed by atoms with Crippen LogP contribution in [-0.2, 0) is 4.79 Å². The van der Waals surface area contributed by atoms with E-state index >= 15 is 0 Å². The number of aliphatic hydroxyl groups excluding tert-OH is 1. The first-order chi connectivity index (χ1) is 5.55. The molecule has 3 heteroatoms. The molecule has 0 heterocycles. The zero-order valence-corrected chi connectivity index (χ0v) is 8.00. The van der Waals surface area contributed by atoms with Crippen molar-refractivity contribution < 1.29 is 15.0 Å². The van der Waals surface area contributed by atoms with Gasteiger partial charge in [-0.15, -0.1) is 0 Å². The van der Waals surface area contributed by atoms with Crippen molar-refractivity contribution in [3.05, 3.63) is 0 Å². The average Bonchev–Trinajstić information content (AvgIpc) is 2.06. The Balaban J connectivity index is 4.68. The van der Waals surface area contributed by atoms with Crippen molar-refractivity contribution in [2.75, 3.05) is 0 Å². The van der Waals surface area contributed by atoms with Crippen LogP contribution in [0.5, 0.6) is 0 Å². The van der Waals surface area contributed by atoms with E-state index in [2.05, 4.69) is 0 Å². The van der Waals surface area contributed by atoms with Gasteiger partial charge in [0.05, 0.1) is 11.5 Å². The molecule has 0 rings (SSSR count). The number of rotatable bonds is 5. The second-order valence-electron chi connectivity index (χ2n) is 3.09. The summed E-state index contributed by atoms with van der Waals surface area (Å²) in [6, 6.07) is 0. The molecule has 1 atom stereocenters. The number of aliphatic hydroxyl groups is 1. The van der Waals surface area contributed by atoms with Crippen molar-refractivity contribution in [2.24, 2.45) is 5.41 Å². The molecular weight excluding hydrogens is 156 g/mol. The predicted octanol–water partition coefficient (Wildman–Crippen LogP) is 1.65. The van der Waals surface area contributed by atoms with Gasteiger partial charge in [0.2, 0.25) is 0 Å². The molecule has 0 bridgehead atoms. The van der Waals surface area contributed by atoms with E-state index in [1.807, 2.05) is 0 Å². The van der Waals surface area contributed by atoms with Crippen LogP contribution >= 0.6 is 0 Å². The number of carbonyl (C=O) groups is 1. The molecule has 0 aromatic rings. The van der Waals surface area contributed by atoms with Gasteiger partial charge in [0.1, 0.15) is 0 Å². The highest BCUT2D eigenvalue weighted by molar-refractivity contribution is 5.75. The maximum Gasteiger partial charge on any atom is 0.312 e. The molecule has 0 aliphatic carbocycles. The van der Waals surface area contributed by atoms with Crippen LogP contribution < -0.4 is 0 Å². The molecule has 0 amide bonds. The van der Waals surface area contributed by atoms with E-state index in [4.69, 9.17) is 5.11 Å². The number of hydrogen-bond acceptors (Lipinski definition) is 2. The van der Waals surface area contributed by atoms with Crippen molar-refractivity contribution in [2.45, 2.75) is 46.1 Å². The van der Waals surface area contributed by atoms with E-state index in [1.54, 1.807) is 20.8 Å². The molecule has 0 aromatic carbocycles. The fraction of sp³-hybridized carbons (Fsp3) is 0.889. The van der Waals surface area contributed by atoms with Crippen LogP contribution in [0.2, 0.25) is 0 Å². The first kappa shape index (κ1) is 11.4. The standard InChI is InChI=1S/C9H18O3/c1-4-7(10)9(5-2,6-3)8(11)12/h7,10H,4-6H2,1-3H3,(H,11,12). The van der Waals surface area contributed by atoms with E-state index in [0.717, 1.165) is 0 Å². The zero-order chi connectivity index (χ0) is 9.78. The first-order valence-electron chi connectivity index (χ1n) is 4.46. The minimum atomic E-state index is -0.936. The van der Waals surface area contributed by atoms with Crippen molar-refractivity contribution in [3.8, 4) is 0 Å². The molecule has 0 aliphatic heterocycles. The lowest BCUT2D eigenvalue weighted by atomic mass is 9.76. The minimum Gasteiger partial charge on any atom is -0.481 e. The highest BCUT2D eigenvalue weighted by atomic mass is 16.4. The Kier molecular flexibility index (Phi) is 4.24. The summed E-state index contributed by atoms with van der Waals surface area (Å²) in [4.78, 5) is 10.9. The lowest BCUT2D eigenvalue weighted by Gasteiger charge is -2.31. The van der Waals surface area contributed by atoms with Crippen LogP contribution in [0.25, 0.3) is 0 Å². The molecule has 3 nitrogen and oxygen atoms in total. The molecule has 0 spiro atoms. The molecule has 72 valence electrons. The van der Waals surface area contributed by atoms with E-state index < -0.39 is 17.5 Å². The molecule has 0 aliphatic rings. The first-order valence-corrected chi connectivity index (χ1v) is 4.46. The van der Waals surface area contributed by atoms with Gasteiger partial charge in [0.25, 0.3) is 0 Å². The summed E-state index contributed by atoms with van der Waals surface area (Å²) in [5.41, 5.74) is -0.936. The van der Waals surface area contributed by atoms with Gasteiger partial charge in [-0.1, -0.05) is 20.8 Å². The Morgan fingerprint density at radius 3 is 1.83 bits per heavy atom. The van der Waals surface area contributed by atoms with Gasteiger partial charge < -0.3 is 10.2 Å². The Bertz CT molecular complexity index is 150. The Hall–Kier alpha value is -0.570. The maximum absolute atomic E-state index is 10.9. The van der Waals surface area contributed by atoms with Gasteiger partial charge in [-0.05, 0) is 19.3 Å². The van der Waals surface area contributed by atoms with Crippen LogP contribution in [0.3, 0.4) is 0 Å². The molecule has 0 fully saturated rings. The Labute approximate surface area is 73.4 Å². The third-order valence-electron chi connectivity index (χ3n) is 2.71. The van der Waals surface area contributed by atoms with Crippen molar-refractivity contribution in [1.82, 2.24) is 0 Å². The van der Waals surface area contributed by atoms with Gasteiger partial charge in [-0.2, -0.15) is 0 Å². The van der Waals surface area contributed by atoms with Gasteiger partial charge in [0, 0.05) is 0 Å². The third-order valence-corrected chi connectivity index (χ3v) is 2.71. The Morgan fingerprint density at radius 1 is 1.33 bits per heavy atom. The predicted molar refractivity (Wildman–Crippen MR) is 46.9 cm³/mol. The summed E-state index contributed by atoms with van der Waals surface area (Å²) in [5, 5.41) is 18.5. The third kappa shape index (κ3) is 1.78. The van der Waals surface area contributed by atoms with Gasteiger partial charge >= 0.3 is 5.97 Å². The average molecular weight is 174 g/mol. The van der Waals surface area contributed by atoms with Crippen LogP contribution in [0.1, 0.15) is 40.0 Å². The molecule has 2 N–H and O–H groups in total. The highest BCUT2D eigenvalue weighted by Gasteiger charge is 2.40. The summed E-state index contributed by atoms with van der Waals surface area (Å²) >= 11 is 0. The number of aliphatic carboxylic acids is 1. The van der Waals surface area contributed by atoms with Crippen molar-refractivity contribution in [3.63, 3.8) is 0 Å². The number of hydrogen-bond donors (Lipinski definition) is 2. The number of carboxylic acids is 1. The summed E-state index contributed by atoms with van der Waals surface area (Å²) in [5.74, 6) is -0.887. The normalized spacial score (nSPS) is 14.3. The minimum absolute atomic E-state index is 0.480. The largest absolute Gasteiger partial charge is 0.481 e. The second-order valence-corrected chi connectivity index (χ2v) is 3.09. The van der Waals surface area contributed by atoms with Gasteiger partial charge in [-0.3, -0.25) is 4.79 Å². The Morgan fingerprint density at radius 2 is 1.75 bits per heavy atom. The summed E-state index contributed by atoms with van der Waals surface area (Å²) < 4.78 is 0. The molecule has 0 saturated heterocycles. The SMILES string of the molecule is CCC(O)C(CC)(CC)C(=O)O. The molecule has 0 saturated carbocycles.